The predicted octanol–water partition coefficient (Wildman–Crippen LogP) is 3.34. The maximum Gasteiger partial charge on any atom is 0.0931 e. The highest BCUT2D eigenvalue weighted by atomic mass is 35.5. The number of hydrogen-bond donors (Lipinski definition) is 2. The van der Waals surface area contributed by atoms with Crippen molar-refractivity contribution in [2.45, 2.75) is 13.1 Å². The first kappa shape index (κ1) is 11.0. The van der Waals surface area contributed by atoms with Crippen molar-refractivity contribution >= 4 is 40.0 Å². The highest BCUT2D eigenvalue weighted by Gasteiger charge is 2.01. The van der Waals surface area contributed by atoms with Gasteiger partial charge in [0.15, 0.2) is 0 Å². The Balaban J connectivity index is 1.83. The van der Waals surface area contributed by atoms with Crippen LogP contribution in [-0.2, 0) is 13.1 Å². The molecule has 2 nitrogen and oxygen atoms in total. The standard InChI is InChI=1S/C10H11ClN2S2/c11-10-2-1-7(15-10)5-13-6-9-8(12)3-4-14-9/h1-4,13H,5-6,12H2. The summed E-state index contributed by atoms with van der Waals surface area (Å²) in [5.74, 6) is 0. The Hall–Kier alpha value is -0.550. The first-order valence-corrected chi connectivity index (χ1v) is 6.60. The van der Waals surface area contributed by atoms with Crippen LogP contribution in [0, 0.1) is 0 Å². The maximum atomic E-state index is 5.84. The molecule has 15 heavy (non-hydrogen) atoms. The van der Waals surface area contributed by atoms with E-state index in [1.165, 1.54) is 9.75 Å². The van der Waals surface area contributed by atoms with Crippen LogP contribution in [-0.4, -0.2) is 0 Å². The number of halogens is 1. The zero-order valence-corrected chi connectivity index (χ0v) is 10.4. The SMILES string of the molecule is Nc1ccsc1CNCc1ccc(Cl)s1. The summed E-state index contributed by atoms with van der Waals surface area (Å²) in [7, 11) is 0. The summed E-state index contributed by atoms with van der Waals surface area (Å²) in [5, 5.41) is 5.35. The van der Waals surface area contributed by atoms with Crippen molar-refractivity contribution in [3.05, 3.63) is 37.7 Å². The first-order valence-electron chi connectivity index (χ1n) is 4.52. The Morgan fingerprint density at radius 3 is 2.73 bits per heavy atom. The lowest BCUT2D eigenvalue weighted by molar-refractivity contribution is 0.710. The molecule has 0 radical (unpaired) electrons. The van der Waals surface area contributed by atoms with Crippen LogP contribution in [0.25, 0.3) is 0 Å². The Bertz CT molecular complexity index is 436. The molecule has 2 rings (SSSR count). The minimum Gasteiger partial charge on any atom is -0.398 e. The molecule has 0 aliphatic heterocycles. The third kappa shape index (κ3) is 2.95. The molecule has 0 aromatic carbocycles. The highest BCUT2D eigenvalue weighted by Crippen LogP contribution is 2.22. The topological polar surface area (TPSA) is 38.0 Å². The molecule has 0 bridgehead atoms. The number of nitrogen functional groups attached to an aromatic ring is 1. The van der Waals surface area contributed by atoms with Gasteiger partial charge < -0.3 is 11.1 Å². The van der Waals surface area contributed by atoms with Crippen LogP contribution < -0.4 is 11.1 Å². The Labute approximate surface area is 102 Å². The van der Waals surface area contributed by atoms with Crippen LogP contribution in [0.3, 0.4) is 0 Å². The fourth-order valence-electron chi connectivity index (χ4n) is 1.24. The van der Waals surface area contributed by atoms with Gasteiger partial charge in [0.05, 0.1) is 4.34 Å². The lowest BCUT2D eigenvalue weighted by Crippen LogP contribution is -2.11. The minimum atomic E-state index is 0.818. The predicted molar refractivity (Wildman–Crippen MR) is 68.6 cm³/mol. The van der Waals surface area contributed by atoms with Gasteiger partial charge in [-0.05, 0) is 23.6 Å². The number of rotatable bonds is 4. The summed E-state index contributed by atoms with van der Waals surface area (Å²) >= 11 is 9.12. The van der Waals surface area contributed by atoms with Crippen molar-refractivity contribution in [1.29, 1.82) is 0 Å². The zero-order valence-electron chi connectivity index (χ0n) is 8.00. The van der Waals surface area contributed by atoms with E-state index in [0.29, 0.717) is 0 Å². The largest absolute Gasteiger partial charge is 0.398 e. The molecule has 0 aliphatic carbocycles. The minimum absolute atomic E-state index is 0.818. The second-order valence-corrected chi connectivity index (χ2v) is 5.91. The van der Waals surface area contributed by atoms with E-state index in [9.17, 15) is 0 Å². The molecule has 5 heteroatoms. The molecule has 0 saturated heterocycles. The van der Waals surface area contributed by atoms with Crippen LogP contribution in [0.4, 0.5) is 5.69 Å². The molecule has 0 unspecified atom stereocenters. The highest BCUT2D eigenvalue weighted by molar-refractivity contribution is 7.16. The number of hydrogen-bond acceptors (Lipinski definition) is 4. The van der Waals surface area contributed by atoms with Gasteiger partial charge in [0, 0.05) is 28.5 Å². The van der Waals surface area contributed by atoms with Gasteiger partial charge in [0.1, 0.15) is 0 Å². The van der Waals surface area contributed by atoms with E-state index in [4.69, 9.17) is 17.3 Å². The van der Waals surface area contributed by atoms with Gasteiger partial charge in [-0.25, -0.2) is 0 Å². The molecular formula is C10H11ClN2S2. The van der Waals surface area contributed by atoms with Gasteiger partial charge in [-0.2, -0.15) is 0 Å². The molecule has 3 N–H and O–H groups in total. The normalized spacial score (nSPS) is 10.7. The van der Waals surface area contributed by atoms with Gasteiger partial charge in [0.25, 0.3) is 0 Å². The van der Waals surface area contributed by atoms with Crippen molar-refractivity contribution < 1.29 is 0 Å². The molecule has 0 atom stereocenters. The van der Waals surface area contributed by atoms with Gasteiger partial charge in [-0.15, -0.1) is 22.7 Å². The Morgan fingerprint density at radius 2 is 2.13 bits per heavy atom. The molecule has 2 heterocycles. The van der Waals surface area contributed by atoms with Crippen LogP contribution in [0.15, 0.2) is 23.6 Å². The smallest absolute Gasteiger partial charge is 0.0931 e. The second kappa shape index (κ2) is 4.99. The summed E-state index contributed by atoms with van der Waals surface area (Å²) in [6.07, 6.45) is 0. The third-order valence-electron chi connectivity index (χ3n) is 1.99. The van der Waals surface area contributed by atoms with E-state index >= 15 is 0 Å². The van der Waals surface area contributed by atoms with Gasteiger partial charge >= 0.3 is 0 Å². The zero-order chi connectivity index (χ0) is 10.7. The second-order valence-electron chi connectivity index (χ2n) is 3.11. The van der Waals surface area contributed by atoms with E-state index in [0.717, 1.165) is 23.1 Å². The van der Waals surface area contributed by atoms with Crippen molar-refractivity contribution in [2.24, 2.45) is 0 Å². The van der Waals surface area contributed by atoms with Gasteiger partial charge in [0.2, 0.25) is 0 Å². The molecule has 2 aromatic rings. The monoisotopic (exact) mass is 258 g/mol. The first-order chi connectivity index (χ1) is 7.25. The maximum absolute atomic E-state index is 5.84. The van der Waals surface area contributed by atoms with Crippen LogP contribution in [0.2, 0.25) is 4.34 Å². The molecule has 80 valence electrons. The molecule has 0 spiro atoms. The van der Waals surface area contributed by atoms with Crippen LogP contribution in [0.1, 0.15) is 9.75 Å². The summed E-state index contributed by atoms with van der Waals surface area (Å²) in [4.78, 5) is 2.44. The molecule has 0 aliphatic rings. The van der Waals surface area contributed by atoms with E-state index in [1.54, 1.807) is 22.7 Å². The third-order valence-corrected chi connectivity index (χ3v) is 4.16. The van der Waals surface area contributed by atoms with Crippen molar-refractivity contribution in [3.63, 3.8) is 0 Å². The van der Waals surface area contributed by atoms with Gasteiger partial charge in [-0.1, -0.05) is 11.6 Å². The lowest BCUT2D eigenvalue weighted by atomic mass is 10.4. The fraction of sp³-hybridized carbons (Fsp3) is 0.200. The Morgan fingerprint density at radius 1 is 1.27 bits per heavy atom. The average Bonchev–Trinajstić information content (AvgIpc) is 2.77. The number of anilines is 1. The lowest BCUT2D eigenvalue weighted by Gasteiger charge is -2.01. The summed E-state index contributed by atoms with van der Waals surface area (Å²) in [5.41, 5.74) is 6.65. The molecule has 0 amide bonds. The molecule has 2 aromatic heterocycles. The van der Waals surface area contributed by atoms with Crippen molar-refractivity contribution in [2.75, 3.05) is 5.73 Å². The van der Waals surface area contributed by atoms with Crippen LogP contribution in [0.5, 0.6) is 0 Å². The summed E-state index contributed by atoms with van der Waals surface area (Å²) in [6.45, 7) is 1.66. The van der Waals surface area contributed by atoms with E-state index in [1.807, 2.05) is 23.6 Å². The number of nitrogens with one attached hydrogen (secondary N) is 1. The van der Waals surface area contributed by atoms with Crippen molar-refractivity contribution in [3.8, 4) is 0 Å². The number of thiophene rings is 2. The average molecular weight is 259 g/mol. The Kier molecular flexibility index (Phi) is 3.64. The quantitative estimate of drug-likeness (QED) is 0.883. The molecular weight excluding hydrogens is 248 g/mol. The van der Waals surface area contributed by atoms with Crippen molar-refractivity contribution in [1.82, 2.24) is 5.32 Å². The molecule has 0 saturated carbocycles. The summed E-state index contributed by atoms with van der Waals surface area (Å²) in [6, 6.07) is 5.89. The van der Waals surface area contributed by atoms with E-state index in [2.05, 4.69) is 5.32 Å². The summed E-state index contributed by atoms with van der Waals surface area (Å²) < 4.78 is 0.836. The van der Waals surface area contributed by atoms with E-state index < -0.39 is 0 Å². The fourth-order valence-corrected chi connectivity index (χ4v) is 3.07. The van der Waals surface area contributed by atoms with E-state index in [-0.39, 0.29) is 0 Å². The number of nitrogens with two attached hydrogens (primary N) is 1. The van der Waals surface area contributed by atoms with Gasteiger partial charge in [-0.3, -0.25) is 0 Å². The van der Waals surface area contributed by atoms with Crippen LogP contribution >= 0.6 is 34.3 Å². The molecule has 0 fully saturated rings.